The van der Waals surface area contributed by atoms with Crippen LogP contribution in [0.5, 0.6) is 0 Å². The molecule has 1 unspecified atom stereocenters. The van der Waals surface area contributed by atoms with Crippen LogP contribution in [0.4, 0.5) is 5.82 Å². The summed E-state index contributed by atoms with van der Waals surface area (Å²) in [6.45, 7) is 8.20. The number of aromatic nitrogens is 1. The Labute approximate surface area is 156 Å². The number of anilines is 1. The van der Waals surface area contributed by atoms with Crippen molar-refractivity contribution in [2.45, 2.75) is 38.1 Å². The second-order valence-corrected chi connectivity index (χ2v) is 7.79. The van der Waals surface area contributed by atoms with Gasteiger partial charge in [0.2, 0.25) is 0 Å². The van der Waals surface area contributed by atoms with Gasteiger partial charge in [-0.05, 0) is 31.4 Å². The number of carbonyl (C=O) groups excluding carboxylic acids is 1. The molecule has 26 heavy (non-hydrogen) atoms. The molecule has 142 valence electrons. The Hall–Kier alpha value is -1.66. The number of rotatable bonds is 3. The van der Waals surface area contributed by atoms with Crippen molar-refractivity contribution in [1.29, 1.82) is 0 Å². The predicted molar refractivity (Wildman–Crippen MR) is 104 cm³/mol. The van der Waals surface area contributed by atoms with Crippen molar-refractivity contribution < 1.29 is 4.79 Å². The van der Waals surface area contributed by atoms with Crippen molar-refractivity contribution in [3.8, 4) is 0 Å². The van der Waals surface area contributed by atoms with Crippen molar-refractivity contribution in [1.82, 2.24) is 20.1 Å². The minimum atomic E-state index is 0.137. The van der Waals surface area contributed by atoms with Crippen LogP contribution in [0.1, 0.15) is 42.5 Å². The first-order valence-corrected chi connectivity index (χ1v) is 10.3. The van der Waals surface area contributed by atoms with Crippen molar-refractivity contribution in [3.63, 3.8) is 0 Å². The molecule has 0 saturated carbocycles. The predicted octanol–water partition coefficient (Wildman–Crippen LogP) is 1.58. The van der Waals surface area contributed by atoms with Crippen LogP contribution in [-0.4, -0.2) is 79.1 Å². The molecule has 0 radical (unpaired) electrons. The highest BCUT2D eigenvalue weighted by molar-refractivity contribution is 5.94. The van der Waals surface area contributed by atoms with Crippen molar-refractivity contribution in [2.24, 2.45) is 0 Å². The van der Waals surface area contributed by atoms with E-state index in [0.29, 0.717) is 6.04 Å². The molecule has 1 aromatic rings. The second kappa shape index (κ2) is 8.35. The zero-order valence-corrected chi connectivity index (χ0v) is 15.7. The summed E-state index contributed by atoms with van der Waals surface area (Å²) in [5.74, 6) is 1.15. The summed E-state index contributed by atoms with van der Waals surface area (Å²) < 4.78 is 0. The molecule has 0 bridgehead atoms. The topological polar surface area (TPSA) is 51.7 Å². The maximum atomic E-state index is 12.9. The third-order valence-corrected chi connectivity index (χ3v) is 6.04. The normalized spacial score (nSPS) is 25.3. The molecule has 3 fully saturated rings. The Morgan fingerprint density at radius 2 is 1.77 bits per heavy atom. The van der Waals surface area contributed by atoms with Crippen LogP contribution >= 0.6 is 0 Å². The molecule has 6 nitrogen and oxygen atoms in total. The van der Waals surface area contributed by atoms with Crippen LogP contribution in [0.2, 0.25) is 0 Å². The molecule has 0 aliphatic carbocycles. The fourth-order valence-corrected chi connectivity index (χ4v) is 4.45. The van der Waals surface area contributed by atoms with Crippen LogP contribution < -0.4 is 10.2 Å². The summed E-state index contributed by atoms with van der Waals surface area (Å²) in [5.41, 5.74) is 0.726. The van der Waals surface area contributed by atoms with E-state index in [4.69, 9.17) is 0 Å². The van der Waals surface area contributed by atoms with E-state index in [9.17, 15) is 4.79 Å². The first kappa shape index (κ1) is 17.7. The van der Waals surface area contributed by atoms with Crippen LogP contribution in [0.15, 0.2) is 18.3 Å². The molecular formula is C20H31N5O. The zero-order valence-electron chi connectivity index (χ0n) is 15.7. The van der Waals surface area contributed by atoms with Gasteiger partial charge < -0.3 is 15.1 Å². The average Bonchev–Trinajstić information content (AvgIpc) is 3.04. The molecule has 4 heterocycles. The van der Waals surface area contributed by atoms with E-state index in [0.717, 1.165) is 70.2 Å². The van der Waals surface area contributed by atoms with E-state index in [-0.39, 0.29) is 5.91 Å². The van der Waals surface area contributed by atoms with Gasteiger partial charge in [0.05, 0.1) is 5.56 Å². The van der Waals surface area contributed by atoms with Crippen LogP contribution in [0.3, 0.4) is 0 Å². The SMILES string of the molecule is O=C(c1ccc(N2CCCCCC2)nc1)N1CCC(N2CCNCC2)C1. The Morgan fingerprint density at radius 1 is 1.00 bits per heavy atom. The fourth-order valence-electron chi connectivity index (χ4n) is 4.45. The molecule has 1 N–H and O–H groups in total. The van der Waals surface area contributed by atoms with Crippen LogP contribution in [0, 0.1) is 0 Å². The molecule has 3 aliphatic rings. The Kier molecular flexibility index (Phi) is 5.70. The minimum absolute atomic E-state index is 0.137. The van der Waals surface area contributed by atoms with Crippen LogP contribution in [-0.2, 0) is 0 Å². The molecule has 3 saturated heterocycles. The quantitative estimate of drug-likeness (QED) is 0.890. The molecule has 0 spiro atoms. The maximum Gasteiger partial charge on any atom is 0.255 e. The van der Waals surface area contributed by atoms with Gasteiger partial charge in [-0.1, -0.05) is 12.8 Å². The summed E-state index contributed by atoms with van der Waals surface area (Å²) in [5, 5.41) is 3.40. The lowest BCUT2D eigenvalue weighted by molar-refractivity contribution is 0.0773. The average molecular weight is 358 g/mol. The van der Waals surface area contributed by atoms with E-state index in [1.807, 2.05) is 17.0 Å². The number of piperazine rings is 1. The molecule has 3 aliphatic heterocycles. The third-order valence-electron chi connectivity index (χ3n) is 6.04. The van der Waals surface area contributed by atoms with Crippen molar-refractivity contribution in [2.75, 3.05) is 57.3 Å². The standard InChI is InChI=1S/C20H31N5O/c26-20(25-12-7-18(16-25)23-13-8-21-9-14-23)17-5-6-19(22-15-17)24-10-3-1-2-4-11-24/h5-6,15,18,21H,1-4,7-14,16H2. The summed E-state index contributed by atoms with van der Waals surface area (Å²) >= 11 is 0. The fraction of sp³-hybridized carbons (Fsp3) is 0.700. The Balaban J connectivity index is 1.35. The molecule has 1 atom stereocenters. The maximum absolute atomic E-state index is 12.9. The molecule has 1 amide bonds. The van der Waals surface area contributed by atoms with Gasteiger partial charge in [0.15, 0.2) is 0 Å². The summed E-state index contributed by atoms with van der Waals surface area (Å²) in [7, 11) is 0. The number of amides is 1. The number of nitrogens with zero attached hydrogens (tertiary/aromatic N) is 4. The monoisotopic (exact) mass is 357 g/mol. The number of hydrogen-bond donors (Lipinski definition) is 1. The van der Waals surface area contributed by atoms with E-state index in [2.05, 4.69) is 20.1 Å². The summed E-state index contributed by atoms with van der Waals surface area (Å²) in [4.78, 5) is 24.4. The highest BCUT2D eigenvalue weighted by atomic mass is 16.2. The summed E-state index contributed by atoms with van der Waals surface area (Å²) in [6.07, 6.45) is 7.98. The number of likely N-dealkylation sites (tertiary alicyclic amines) is 1. The Bertz CT molecular complexity index is 591. The highest BCUT2D eigenvalue weighted by Gasteiger charge is 2.31. The number of pyridine rings is 1. The summed E-state index contributed by atoms with van der Waals surface area (Å²) in [6, 6.07) is 4.52. The number of nitrogens with one attached hydrogen (secondary N) is 1. The van der Waals surface area contributed by atoms with Crippen molar-refractivity contribution >= 4 is 11.7 Å². The smallest absolute Gasteiger partial charge is 0.255 e. The molecule has 0 aromatic carbocycles. The molecule has 1 aromatic heterocycles. The molecular weight excluding hydrogens is 326 g/mol. The van der Waals surface area contributed by atoms with Crippen molar-refractivity contribution in [3.05, 3.63) is 23.9 Å². The van der Waals surface area contributed by atoms with Gasteiger partial charge in [-0.15, -0.1) is 0 Å². The number of carbonyl (C=O) groups is 1. The Morgan fingerprint density at radius 3 is 2.46 bits per heavy atom. The van der Waals surface area contributed by atoms with Gasteiger partial charge in [-0.3, -0.25) is 9.69 Å². The van der Waals surface area contributed by atoms with E-state index < -0.39 is 0 Å². The minimum Gasteiger partial charge on any atom is -0.357 e. The number of hydrogen-bond acceptors (Lipinski definition) is 5. The molecule has 4 rings (SSSR count). The second-order valence-electron chi connectivity index (χ2n) is 7.79. The first-order valence-electron chi connectivity index (χ1n) is 10.3. The molecule has 6 heteroatoms. The van der Waals surface area contributed by atoms with Gasteiger partial charge in [0, 0.05) is 64.6 Å². The van der Waals surface area contributed by atoms with Gasteiger partial charge >= 0.3 is 0 Å². The van der Waals surface area contributed by atoms with E-state index in [1.165, 1.54) is 25.7 Å². The zero-order chi connectivity index (χ0) is 17.8. The van der Waals surface area contributed by atoms with E-state index in [1.54, 1.807) is 6.20 Å². The first-order chi connectivity index (χ1) is 12.8. The lowest BCUT2D eigenvalue weighted by atomic mass is 10.2. The highest BCUT2D eigenvalue weighted by Crippen LogP contribution is 2.21. The van der Waals surface area contributed by atoms with Gasteiger partial charge in [0.1, 0.15) is 5.82 Å². The largest absolute Gasteiger partial charge is 0.357 e. The van der Waals surface area contributed by atoms with Gasteiger partial charge in [-0.25, -0.2) is 4.98 Å². The third kappa shape index (κ3) is 4.01. The van der Waals surface area contributed by atoms with Crippen LogP contribution in [0.25, 0.3) is 0 Å². The lowest BCUT2D eigenvalue weighted by Crippen LogP contribution is -2.49. The van der Waals surface area contributed by atoms with E-state index >= 15 is 0 Å². The lowest BCUT2D eigenvalue weighted by Gasteiger charge is -2.32. The van der Waals surface area contributed by atoms with Gasteiger partial charge in [-0.2, -0.15) is 0 Å². The van der Waals surface area contributed by atoms with Gasteiger partial charge in [0.25, 0.3) is 5.91 Å².